The van der Waals surface area contributed by atoms with Gasteiger partial charge in [0.1, 0.15) is 5.82 Å². The van der Waals surface area contributed by atoms with Crippen LogP contribution in [-0.4, -0.2) is 6.67 Å². The molecular weight excluding hydrogens is 446 g/mol. The van der Waals surface area contributed by atoms with Gasteiger partial charge in [0, 0.05) is 0 Å². The molecule has 2 saturated carbocycles. The molecule has 198 valence electrons. The van der Waals surface area contributed by atoms with Crippen molar-refractivity contribution in [3.63, 3.8) is 0 Å². The molecule has 0 spiro atoms. The number of halogens is 2. The van der Waals surface area contributed by atoms with E-state index in [4.69, 9.17) is 0 Å². The number of hydrogen-bond donors (Lipinski definition) is 0. The van der Waals surface area contributed by atoms with Gasteiger partial charge in [-0.2, -0.15) is 0 Å². The molecule has 0 amide bonds. The molecule has 0 aromatic heterocycles. The lowest BCUT2D eigenvalue weighted by Gasteiger charge is -2.29. The molecule has 2 fully saturated rings. The highest BCUT2D eigenvalue weighted by Gasteiger charge is 2.25. The Balaban J connectivity index is 1.27. The normalized spacial score (nSPS) is 24.6. The number of benzene rings is 2. The second-order valence-electron chi connectivity index (χ2n) is 11.8. The Labute approximate surface area is 219 Å². The SMILES string of the molecule is CCCCC1CCC(c2ccc(-c3ccc(C4CCC(CCCCCCF)CC4)cc3)cc2F)CC1. The van der Waals surface area contributed by atoms with Gasteiger partial charge in [0.05, 0.1) is 6.67 Å². The average Bonchev–Trinajstić information content (AvgIpc) is 2.92. The van der Waals surface area contributed by atoms with E-state index in [-0.39, 0.29) is 12.5 Å². The molecule has 0 aliphatic heterocycles. The fourth-order valence-electron chi connectivity index (χ4n) is 6.91. The van der Waals surface area contributed by atoms with Crippen LogP contribution in [0.2, 0.25) is 0 Å². The van der Waals surface area contributed by atoms with Gasteiger partial charge in [-0.05, 0) is 110 Å². The van der Waals surface area contributed by atoms with Gasteiger partial charge in [-0.3, -0.25) is 4.39 Å². The predicted molar refractivity (Wildman–Crippen MR) is 150 cm³/mol. The maximum atomic E-state index is 15.2. The highest BCUT2D eigenvalue weighted by atomic mass is 19.1. The Hall–Kier alpha value is -1.70. The molecular formula is C34H48F2. The zero-order valence-corrected chi connectivity index (χ0v) is 22.6. The highest BCUT2D eigenvalue weighted by molar-refractivity contribution is 5.64. The second kappa shape index (κ2) is 14.3. The van der Waals surface area contributed by atoms with Crippen molar-refractivity contribution in [2.75, 3.05) is 6.67 Å². The monoisotopic (exact) mass is 494 g/mol. The first-order valence-corrected chi connectivity index (χ1v) is 15.1. The van der Waals surface area contributed by atoms with Crippen LogP contribution >= 0.6 is 0 Å². The number of unbranched alkanes of at least 4 members (excludes halogenated alkanes) is 4. The van der Waals surface area contributed by atoms with Crippen molar-refractivity contribution in [3.8, 4) is 11.1 Å². The van der Waals surface area contributed by atoms with E-state index in [1.807, 2.05) is 0 Å². The van der Waals surface area contributed by atoms with Gasteiger partial charge < -0.3 is 0 Å². The standard InChI is InChI=1S/C34H48F2/c1-2-3-8-26-12-16-31(17-13-26)33-23-22-32(25-34(33)36)30-20-18-29(19-21-30)28-14-10-27(11-15-28)9-6-4-5-7-24-35/h18-23,25-28,31H,2-17,24H2,1H3. The van der Waals surface area contributed by atoms with Crippen LogP contribution in [0.1, 0.15) is 133 Å². The van der Waals surface area contributed by atoms with E-state index in [0.717, 1.165) is 54.2 Å². The van der Waals surface area contributed by atoms with Crippen LogP contribution in [0.3, 0.4) is 0 Å². The van der Waals surface area contributed by atoms with Crippen LogP contribution in [0.25, 0.3) is 11.1 Å². The Morgan fingerprint density at radius 3 is 1.83 bits per heavy atom. The van der Waals surface area contributed by atoms with Gasteiger partial charge in [-0.25, -0.2) is 4.39 Å². The summed E-state index contributed by atoms with van der Waals surface area (Å²) in [6.07, 6.45) is 19.5. The van der Waals surface area contributed by atoms with Crippen LogP contribution in [-0.2, 0) is 0 Å². The van der Waals surface area contributed by atoms with Crippen LogP contribution in [0.15, 0.2) is 42.5 Å². The lowest BCUT2D eigenvalue weighted by molar-refractivity contribution is 0.301. The molecule has 0 bridgehead atoms. The van der Waals surface area contributed by atoms with E-state index in [1.54, 1.807) is 6.07 Å². The van der Waals surface area contributed by atoms with Gasteiger partial charge in [0.2, 0.25) is 0 Å². The summed E-state index contributed by atoms with van der Waals surface area (Å²) < 4.78 is 27.4. The molecule has 2 aliphatic rings. The molecule has 0 atom stereocenters. The van der Waals surface area contributed by atoms with Crippen LogP contribution in [0.5, 0.6) is 0 Å². The molecule has 2 aromatic carbocycles. The molecule has 4 rings (SSSR count). The molecule has 0 saturated heterocycles. The van der Waals surface area contributed by atoms with E-state index in [0.29, 0.717) is 11.8 Å². The summed E-state index contributed by atoms with van der Waals surface area (Å²) in [6, 6.07) is 14.9. The van der Waals surface area contributed by atoms with E-state index in [2.05, 4.69) is 43.3 Å². The summed E-state index contributed by atoms with van der Waals surface area (Å²) in [6.45, 7) is 2.11. The summed E-state index contributed by atoms with van der Waals surface area (Å²) >= 11 is 0. The first kappa shape index (κ1) is 27.3. The zero-order chi connectivity index (χ0) is 25.2. The fraction of sp³-hybridized carbons (Fsp3) is 0.647. The molecule has 0 nitrogen and oxygen atoms in total. The predicted octanol–water partition coefficient (Wildman–Crippen LogP) is 11.2. The lowest BCUT2D eigenvalue weighted by Crippen LogP contribution is -2.14. The smallest absolute Gasteiger partial charge is 0.127 e. The number of alkyl halides is 1. The number of hydrogen-bond acceptors (Lipinski definition) is 0. The quantitative estimate of drug-likeness (QED) is 0.257. The number of rotatable bonds is 12. The van der Waals surface area contributed by atoms with E-state index in [9.17, 15) is 4.39 Å². The first-order chi connectivity index (χ1) is 17.7. The molecule has 0 N–H and O–H groups in total. The van der Waals surface area contributed by atoms with E-state index >= 15 is 4.39 Å². The molecule has 0 heterocycles. The minimum absolute atomic E-state index is 0.0170. The average molecular weight is 495 g/mol. The fourth-order valence-corrected chi connectivity index (χ4v) is 6.91. The van der Waals surface area contributed by atoms with Crippen molar-refractivity contribution in [3.05, 3.63) is 59.4 Å². The molecule has 2 aromatic rings. The van der Waals surface area contributed by atoms with Gasteiger partial charge in [0.25, 0.3) is 0 Å². The Morgan fingerprint density at radius 2 is 1.22 bits per heavy atom. The molecule has 0 radical (unpaired) electrons. The minimum Gasteiger partial charge on any atom is -0.251 e. The summed E-state index contributed by atoms with van der Waals surface area (Å²) in [5.41, 5.74) is 4.49. The highest BCUT2D eigenvalue weighted by Crippen LogP contribution is 2.40. The van der Waals surface area contributed by atoms with Crippen molar-refractivity contribution in [1.29, 1.82) is 0 Å². The Morgan fingerprint density at radius 1 is 0.639 bits per heavy atom. The van der Waals surface area contributed by atoms with Crippen molar-refractivity contribution in [1.82, 2.24) is 0 Å². The van der Waals surface area contributed by atoms with Crippen molar-refractivity contribution >= 4 is 0 Å². The topological polar surface area (TPSA) is 0 Å². The van der Waals surface area contributed by atoms with Gasteiger partial charge in [-0.15, -0.1) is 0 Å². The van der Waals surface area contributed by atoms with E-state index < -0.39 is 0 Å². The van der Waals surface area contributed by atoms with Gasteiger partial charge in [0.15, 0.2) is 0 Å². The third-order valence-electron chi connectivity index (χ3n) is 9.31. The molecule has 36 heavy (non-hydrogen) atoms. The van der Waals surface area contributed by atoms with Crippen molar-refractivity contribution in [2.45, 2.75) is 121 Å². The van der Waals surface area contributed by atoms with Crippen LogP contribution in [0.4, 0.5) is 8.78 Å². The van der Waals surface area contributed by atoms with Gasteiger partial charge in [-0.1, -0.05) is 88.3 Å². The van der Waals surface area contributed by atoms with Crippen molar-refractivity contribution in [2.24, 2.45) is 11.8 Å². The third kappa shape index (κ3) is 7.65. The maximum Gasteiger partial charge on any atom is 0.127 e. The lowest BCUT2D eigenvalue weighted by atomic mass is 9.76. The molecule has 0 unspecified atom stereocenters. The van der Waals surface area contributed by atoms with Crippen LogP contribution in [0, 0.1) is 17.7 Å². The first-order valence-electron chi connectivity index (χ1n) is 15.1. The largest absolute Gasteiger partial charge is 0.251 e. The Bertz CT molecular complexity index is 886. The van der Waals surface area contributed by atoms with Crippen molar-refractivity contribution < 1.29 is 8.78 Å². The maximum absolute atomic E-state index is 15.2. The zero-order valence-electron chi connectivity index (χ0n) is 22.6. The third-order valence-corrected chi connectivity index (χ3v) is 9.31. The molecule has 2 aliphatic carbocycles. The Kier molecular flexibility index (Phi) is 10.9. The summed E-state index contributed by atoms with van der Waals surface area (Å²) in [4.78, 5) is 0. The second-order valence-corrected chi connectivity index (χ2v) is 11.8. The minimum atomic E-state index is -0.162. The summed E-state index contributed by atoms with van der Waals surface area (Å²) in [5, 5.41) is 0. The van der Waals surface area contributed by atoms with E-state index in [1.165, 1.54) is 82.6 Å². The van der Waals surface area contributed by atoms with Gasteiger partial charge >= 0.3 is 0 Å². The van der Waals surface area contributed by atoms with Crippen LogP contribution < -0.4 is 0 Å². The molecule has 2 heteroatoms. The summed E-state index contributed by atoms with van der Waals surface area (Å²) in [7, 11) is 0. The summed E-state index contributed by atoms with van der Waals surface area (Å²) in [5.74, 6) is 2.75.